The van der Waals surface area contributed by atoms with Crippen LogP contribution in [0.15, 0.2) is 42.6 Å². The van der Waals surface area contributed by atoms with Crippen molar-refractivity contribution < 1.29 is 22.8 Å². The van der Waals surface area contributed by atoms with Crippen molar-refractivity contribution >= 4 is 23.3 Å². The predicted molar refractivity (Wildman–Crippen MR) is 116 cm³/mol. The molecule has 6 nitrogen and oxygen atoms in total. The van der Waals surface area contributed by atoms with Crippen LogP contribution in [-0.2, 0) is 11.0 Å². The average Bonchev–Trinajstić information content (AvgIpc) is 2.72. The smallest absolute Gasteiger partial charge is 0.355 e. The van der Waals surface area contributed by atoms with Gasteiger partial charge < -0.3 is 15.5 Å². The van der Waals surface area contributed by atoms with E-state index in [4.69, 9.17) is 0 Å². The summed E-state index contributed by atoms with van der Waals surface area (Å²) in [6.07, 6.45) is -2.12. The van der Waals surface area contributed by atoms with E-state index in [1.54, 1.807) is 24.3 Å². The van der Waals surface area contributed by atoms with Crippen molar-refractivity contribution in [2.24, 2.45) is 5.92 Å². The third-order valence-electron chi connectivity index (χ3n) is 5.10. The monoisotopic (exact) mass is 448 g/mol. The summed E-state index contributed by atoms with van der Waals surface area (Å²) in [7, 11) is 0. The van der Waals surface area contributed by atoms with Gasteiger partial charge in [0.25, 0.3) is 5.91 Å². The first-order valence-electron chi connectivity index (χ1n) is 10.5. The number of nitrogens with one attached hydrogen (secondary N) is 2. The fraction of sp³-hybridized carbons (Fsp3) is 0.435. The molecule has 1 fully saturated rings. The first kappa shape index (κ1) is 23.6. The number of anilines is 2. The number of hydrogen-bond acceptors (Lipinski definition) is 4. The van der Waals surface area contributed by atoms with Gasteiger partial charge in [-0.1, -0.05) is 12.1 Å². The molecule has 0 aliphatic carbocycles. The number of alkyl halides is 3. The summed E-state index contributed by atoms with van der Waals surface area (Å²) in [5.41, 5.74) is -0.570. The van der Waals surface area contributed by atoms with Crippen molar-refractivity contribution in [3.05, 3.63) is 53.7 Å². The molecule has 1 unspecified atom stereocenters. The van der Waals surface area contributed by atoms with Crippen LogP contribution < -0.4 is 15.5 Å². The van der Waals surface area contributed by atoms with Crippen molar-refractivity contribution in [1.82, 2.24) is 10.3 Å². The second-order valence-corrected chi connectivity index (χ2v) is 8.90. The molecule has 2 heterocycles. The second-order valence-electron chi connectivity index (χ2n) is 8.90. The Bertz CT molecular complexity index is 986. The van der Waals surface area contributed by atoms with E-state index in [-0.39, 0.29) is 24.2 Å². The van der Waals surface area contributed by atoms with Gasteiger partial charge >= 0.3 is 6.18 Å². The van der Waals surface area contributed by atoms with Crippen LogP contribution >= 0.6 is 0 Å². The summed E-state index contributed by atoms with van der Waals surface area (Å²) in [4.78, 5) is 31.0. The lowest BCUT2D eigenvalue weighted by Gasteiger charge is -2.34. The SMILES string of the molecule is CC(C)(C)NC(=O)c1ccccc1NC(=O)C1CCCN(c2ncccc2C(F)(F)F)C1. The Labute approximate surface area is 185 Å². The lowest BCUT2D eigenvalue weighted by molar-refractivity contribution is -0.137. The summed E-state index contributed by atoms with van der Waals surface area (Å²) in [5, 5.41) is 5.66. The van der Waals surface area contributed by atoms with Gasteiger partial charge in [-0.2, -0.15) is 13.2 Å². The zero-order valence-corrected chi connectivity index (χ0v) is 18.3. The van der Waals surface area contributed by atoms with Gasteiger partial charge in [0, 0.05) is 24.8 Å². The normalized spacial score (nSPS) is 17.1. The van der Waals surface area contributed by atoms with Crippen LogP contribution in [0.4, 0.5) is 24.7 Å². The summed E-state index contributed by atoms with van der Waals surface area (Å²) < 4.78 is 40.2. The number of para-hydroxylation sites is 1. The minimum Gasteiger partial charge on any atom is -0.355 e. The van der Waals surface area contributed by atoms with E-state index in [1.165, 1.54) is 17.2 Å². The quantitative estimate of drug-likeness (QED) is 0.723. The number of benzene rings is 1. The highest BCUT2D eigenvalue weighted by Gasteiger charge is 2.37. The molecule has 3 rings (SSSR count). The summed E-state index contributed by atoms with van der Waals surface area (Å²) in [6, 6.07) is 8.91. The molecular formula is C23H27F3N4O2. The Balaban J connectivity index is 1.76. The molecule has 9 heteroatoms. The van der Waals surface area contributed by atoms with Crippen molar-refractivity contribution in [1.29, 1.82) is 0 Å². The van der Waals surface area contributed by atoms with E-state index in [9.17, 15) is 22.8 Å². The van der Waals surface area contributed by atoms with Gasteiger partial charge in [0.15, 0.2) is 0 Å². The van der Waals surface area contributed by atoms with Crippen LogP contribution in [0.3, 0.4) is 0 Å². The Kier molecular flexibility index (Phi) is 6.76. The van der Waals surface area contributed by atoms with Gasteiger partial charge in [0.2, 0.25) is 5.91 Å². The number of carbonyl (C=O) groups is 2. The number of nitrogens with zero attached hydrogens (tertiary/aromatic N) is 2. The van der Waals surface area contributed by atoms with Crippen molar-refractivity contribution in [2.75, 3.05) is 23.3 Å². The highest BCUT2D eigenvalue weighted by molar-refractivity contribution is 6.04. The molecule has 1 atom stereocenters. The van der Waals surface area contributed by atoms with E-state index in [2.05, 4.69) is 15.6 Å². The molecule has 2 N–H and O–H groups in total. The topological polar surface area (TPSA) is 74.3 Å². The van der Waals surface area contributed by atoms with Crippen molar-refractivity contribution in [2.45, 2.75) is 45.3 Å². The van der Waals surface area contributed by atoms with Crippen LogP contribution in [0.5, 0.6) is 0 Å². The Hall–Kier alpha value is -3.10. The number of rotatable bonds is 4. The Morgan fingerprint density at radius 3 is 2.50 bits per heavy atom. The highest BCUT2D eigenvalue weighted by atomic mass is 19.4. The van der Waals surface area contributed by atoms with Crippen LogP contribution in [0, 0.1) is 5.92 Å². The maximum absolute atomic E-state index is 13.4. The summed E-state index contributed by atoms with van der Waals surface area (Å²) >= 11 is 0. The van der Waals surface area contributed by atoms with Crippen molar-refractivity contribution in [3.8, 4) is 0 Å². The number of pyridine rings is 1. The zero-order chi connectivity index (χ0) is 23.5. The van der Waals surface area contributed by atoms with Crippen LogP contribution in [-0.4, -0.2) is 35.4 Å². The van der Waals surface area contributed by atoms with Crippen LogP contribution in [0.2, 0.25) is 0 Å². The molecular weight excluding hydrogens is 421 g/mol. The summed E-state index contributed by atoms with van der Waals surface area (Å²) in [6.45, 7) is 6.07. The molecule has 0 saturated carbocycles. The molecule has 0 bridgehead atoms. The molecule has 1 aliphatic heterocycles. The standard InChI is InChI=1S/C23H27F3N4O2/c1-22(2,3)29-21(32)16-9-4-5-11-18(16)28-20(31)15-8-7-13-30(14-15)19-17(23(24,25)26)10-6-12-27-19/h4-6,9-12,15H,7-8,13-14H2,1-3H3,(H,28,31)(H,29,32). The van der Waals surface area contributed by atoms with Crippen molar-refractivity contribution in [3.63, 3.8) is 0 Å². The van der Waals surface area contributed by atoms with Gasteiger partial charge in [0.05, 0.1) is 22.7 Å². The average molecular weight is 448 g/mol. The first-order valence-corrected chi connectivity index (χ1v) is 10.5. The van der Waals surface area contributed by atoms with Crippen LogP contribution in [0.25, 0.3) is 0 Å². The largest absolute Gasteiger partial charge is 0.419 e. The number of hydrogen-bond donors (Lipinski definition) is 2. The predicted octanol–water partition coefficient (Wildman–Crippen LogP) is 4.48. The third-order valence-corrected chi connectivity index (χ3v) is 5.10. The van der Waals surface area contributed by atoms with E-state index in [0.717, 1.165) is 6.07 Å². The molecule has 1 aliphatic rings. The third kappa shape index (κ3) is 5.77. The number of halogens is 3. The minimum absolute atomic E-state index is 0.113. The van der Waals surface area contributed by atoms with E-state index < -0.39 is 23.2 Å². The fourth-order valence-corrected chi connectivity index (χ4v) is 3.69. The lowest BCUT2D eigenvalue weighted by atomic mass is 9.96. The molecule has 1 aromatic heterocycles. The molecule has 2 amide bonds. The number of piperidine rings is 1. The molecule has 0 spiro atoms. The molecule has 0 radical (unpaired) electrons. The number of carbonyl (C=O) groups excluding carboxylic acids is 2. The first-order chi connectivity index (χ1) is 15.0. The molecule has 32 heavy (non-hydrogen) atoms. The maximum atomic E-state index is 13.4. The Morgan fingerprint density at radius 1 is 1.09 bits per heavy atom. The van der Waals surface area contributed by atoms with Gasteiger partial charge in [0.1, 0.15) is 5.82 Å². The molecule has 172 valence electrons. The highest BCUT2D eigenvalue weighted by Crippen LogP contribution is 2.36. The van der Waals surface area contributed by atoms with E-state index in [1.807, 2.05) is 20.8 Å². The zero-order valence-electron chi connectivity index (χ0n) is 18.3. The van der Waals surface area contributed by atoms with Gasteiger partial charge in [-0.05, 0) is 57.9 Å². The van der Waals surface area contributed by atoms with Gasteiger partial charge in [-0.15, -0.1) is 0 Å². The van der Waals surface area contributed by atoms with Crippen LogP contribution in [0.1, 0.15) is 49.5 Å². The lowest BCUT2D eigenvalue weighted by Crippen LogP contribution is -2.42. The molecule has 1 saturated heterocycles. The summed E-state index contributed by atoms with van der Waals surface area (Å²) in [5.74, 6) is -1.36. The molecule has 1 aromatic carbocycles. The van der Waals surface area contributed by atoms with E-state index in [0.29, 0.717) is 30.6 Å². The maximum Gasteiger partial charge on any atom is 0.419 e. The van der Waals surface area contributed by atoms with Gasteiger partial charge in [-0.3, -0.25) is 9.59 Å². The van der Waals surface area contributed by atoms with Gasteiger partial charge in [-0.25, -0.2) is 4.98 Å². The molecule has 2 aromatic rings. The fourth-order valence-electron chi connectivity index (χ4n) is 3.69. The second kappa shape index (κ2) is 9.18. The number of amides is 2. The number of aromatic nitrogens is 1. The van der Waals surface area contributed by atoms with E-state index >= 15 is 0 Å². The minimum atomic E-state index is -4.53. The Morgan fingerprint density at radius 2 is 1.81 bits per heavy atom.